The largest absolute Gasteiger partial charge is 0.491 e. The molecule has 0 fully saturated rings. The summed E-state index contributed by atoms with van der Waals surface area (Å²) >= 11 is 6.32. The van der Waals surface area contributed by atoms with E-state index >= 15 is 0 Å². The zero-order valence-electron chi connectivity index (χ0n) is 17.0. The number of hydrogen-bond donors (Lipinski definition) is 1. The van der Waals surface area contributed by atoms with Crippen LogP contribution in [0.15, 0.2) is 72.8 Å². The molecule has 0 aliphatic heterocycles. The van der Waals surface area contributed by atoms with Gasteiger partial charge in [0.2, 0.25) is 0 Å². The third-order valence-electron chi connectivity index (χ3n) is 4.63. The summed E-state index contributed by atoms with van der Waals surface area (Å²) in [7, 11) is 4.01. The molecule has 0 spiro atoms. The van der Waals surface area contributed by atoms with E-state index in [-0.39, 0.29) is 0 Å². The molecule has 1 N–H and O–H groups in total. The highest BCUT2D eigenvalue weighted by molar-refractivity contribution is 6.32. The summed E-state index contributed by atoms with van der Waals surface area (Å²) in [6, 6.07) is 23.6. The van der Waals surface area contributed by atoms with Gasteiger partial charge >= 0.3 is 0 Å². The lowest BCUT2D eigenvalue weighted by atomic mass is 10.2. The van der Waals surface area contributed by atoms with Gasteiger partial charge in [0.1, 0.15) is 18.2 Å². The molecule has 0 radical (unpaired) electrons. The molecule has 0 saturated heterocycles. The maximum Gasteiger partial charge on any atom is 0.162 e. The highest BCUT2D eigenvalue weighted by Gasteiger charge is 2.11. The van der Waals surface area contributed by atoms with Crippen molar-refractivity contribution in [2.45, 2.75) is 0 Å². The summed E-state index contributed by atoms with van der Waals surface area (Å²) in [5.41, 5.74) is 2.70. The number of anilines is 2. The average molecular weight is 419 g/mol. The number of ether oxygens (including phenoxy) is 1. The standard InChI is InChI=1S/C24H23ClN4O/c1-29(2)14-15-30-22-16-18(12-13-20(22)25)26-24-19-10-6-7-11-21(19)27-23(28-24)17-8-4-3-5-9-17/h3-13,16H,14-15H2,1-2H3,(H,26,27,28). The number of hydrogen-bond acceptors (Lipinski definition) is 5. The molecule has 6 heteroatoms. The van der Waals surface area contributed by atoms with Crippen molar-refractivity contribution in [3.8, 4) is 17.1 Å². The Morgan fingerprint density at radius 1 is 0.933 bits per heavy atom. The lowest BCUT2D eigenvalue weighted by Crippen LogP contribution is -2.19. The van der Waals surface area contributed by atoms with Crippen LogP contribution in [0.1, 0.15) is 0 Å². The summed E-state index contributed by atoms with van der Waals surface area (Å²) in [5, 5.41) is 4.95. The van der Waals surface area contributed by atoms with Crippen molar-refractivity contribution < 1.29 is 4.74 Å². The minimum atomic E-state index is 0.560. The van der Waals surface area contributed by atoms with E-state index in [0.717, 1.165) is 34.5 Å². The molecule has 152 valence electrons. The smallest absolute Gasteiger partial charge is 0.162 e. The Bertz CT molecular complexity index is 1150. The predicted octanol–water partition coefficient (Wildman–Crippen LogP) is 5.63. The van der Waals surface area contributed by atoms with Gasteiger partial charge in [0, 0.05) is 29.2 Å². The van der Waals surface area contributed by atoms with Gasteiger partial charge in [-0.15, -0.1) is 0 Å². The third-order valence-corrected chi connectivity index (χ3v) is 4.94. The third kappa shape index (κ3) is 4.70. The van der Waals surface area contributed by atoms with Crippen LogP contribution in [0.25, 0.3) is 22.3 Å². The Morgan fingerprint density at radius 2 is 1.70 bits per heavy atom. The van der Waals surface area contributed by atoms with Crippen LogP contribution in [0.4, 0.5) is 11.5 Å². The number of para-hydroxylation sites is 1. The van der Waals surface area contributed by atoms with E-state index in [2.05, 4.69) is 10.2 Å². The van der Waals surface area contributed by atoms with E-state index in [1.807, 2.05) is 86.9 Å². The molecule has 0 aliphatic rings. The number of fused-ring (bicyclic) bond motifs is 1. The second-order valence-corrected chi connectivity index (χ2v) is 7.61. The maximum absolute atomic E-state index is 6.32. The van der Waals surface area contributed by atoms with Crippen molar-refractivity contribution in [3.05, 3.63) is 77.8 Å². The van der Waals surface area contributed by atoms with Crippen molar-refractivity contribution in [2.75, 3.05) is 32.6 Å². The first-order chi connectivity index (χ1) is 14.6. The van der Waals surface area contributed by atoms with Gasteiger partial charge in [-0.05, 0) is 38.4 Å². The zero-order valence-corrected chi connectivity index (χ0v) is 17.7. The molecule has 0 amide bonds. The maximum atomic E-state index is 6.32. The average Bonchev–Trinajstić information content (AvgIpc) is 2.76. The molecule has 1 heterocycles. The molecule has 1 aromatic heterocycles. The van der Waals surface area contributed by atoms with E-state index in [4.69, 9.17) is 26.3 Å². The Morgan fingerprint density at radius 3 is 2.50 bits per heavy atom. The lowest BCUT2D eigenvalue weighted by Gasteiger charge is -2.14. The SMILES string of the molecule is CN(C)CCOc1cc(Nc2nc(-c3ccccc3)nc3ccccc23)ccc1Cl. The summed E-state index contributed by atoms with van der Waals surface area (Å²) < 4.78 is 5.86. The molecule has 3 aromatic carbocycles. The normalized spacial score (nSPS) is 11.1. The van der Waals surface area contributed by atoms with Gasteiger partial charge in [0.05, 0.1) is 10.5 Å². The predicted molar refractivity (Wildman–Crippen MR) is 124 cm³/mol. The second-order valence-electron chi connectivity index (χ2n) is 7.20. The number of rotatable bonds is 7. The van der Waals surface area contributed by atoms with Gasteiger partial charge < -0.3 is 15.0 Å². The fourth-order valence-corrected chi connectivity index (χ4v) is 3.23. The van der Waals surface area contributed by atoms with E-state index in [1.54, 1.807) is 0 Å². The molecule has 4 rings (SSSR count). The Balaban J connectivity index is 1.68. The van der Waals surface area contributed by atoms with Crippen LogP contribution in [-0.2, 0) is 0 Å². The first-order valence-corrected chi connectivity index (χ1v) is 10.1. The van der Waals surface area contributed by atoms with Crippen LogP contribution < -0.4 is 10.1 Å². The topological polar surface area (TPSA) is 50.3 Å². The Hall–Kier alpha value is -3.15. The summed E-state index contributed by atoms with van der Waals surface area (Å²) in [4.78, 5) is 11.6. The second kappa shape index (κ2) is 9.11. The highest BCUT2D eigenvalue weighted by atomic mass is 35.5. The molecule has 4 aromatic rings. The van der Waals surface area contributed by atoms with Gasteiger partial charge in [0.25, 0.3) is 0 Å². The van der Waals surface area contributed by atoms with Gasteiger partial charge in [0.15, 0.2) is 5.82 Å². The molecule has 0 saturated carbocycles. The van der Waals surface area contributed by atoms with Gasteiger partial charge in [-0.2, -0.15) is 0 Å². The molecule has 5 nitrogen and oxygen atoms in total. The van der Waals surface area contributed by atoms with Gasteiger partial charge in [-0.3, -0.25) is 0 Å². The molecule has 0 aliphatic carbocycles. The van der Waals surface area contributed by atoms with Crippen LogP contribution >= 0.6 is 11.6 Å². The number of nitrogens with one attached hydrogen (secondary N) is 1. The van der Waals surface area contributed by atoms with E-state index < -0.39 is 0 Å². The molecule has 0 unspecified atom stereocenters. The van der Waals surface area contributed by atoms with Crippen molar-refractivity contribution in [2.24, 2.45) is 0 Å². The van der Waals surface area contributed by atoms with Crippen molar-refractivity contribution in [3.63, 3.8) is 0 Å². The van der Waals surface area contributed by atoms with Crippen LogP contribution in [0, 0.1) is 0 Å². The zero-order chi connectivity index (χ0) is 20.9. The minimum Gasteiger partial charge on any atom is -0.491 e. The quantitative estimate of drug-likeness (QED) is 0.421. The van der Waals surface area contributed by atoms with Gasteiger partial charge in [-0.1, -0.05) is 54.1 Å². The fourth-order valence-electron chi connectivity index (χ4n) is 3.05. The van der Waals surface area contributed by atoms with E-state index in [0.29, 0.717) is 23.2 Å². The van der Waals surface area contributed by atoms with E-state index in [1.165, 1.54) is 0 Å². The van der Waals surface area contributed by atoms with Crippen LogP contribution in [0.5, 0.6) is 5.75 Å². The first kappa shape index (κ1) is 20.1. The monoisotopic (exact) mass is 418 g/mol. The molecule has 0 atom stereocenters. The molecular formula is C24H23ClN4O. The lowest BCUT2D eigenvalue weighted by molar-refractivity contribution is 0.261. The van der Waals surface area contributed by atoms with E-state index in [9.17, 15) is 0 Å². The van der Waals surface area contributed by atoms with Crippen LogP contribution in [-0.4, -0.2) is 42.1 Å². The molecule has 0 bridgehead atoms. The minimum absolute atomic E-state index is 0.560. The first-order valence-electron chi connectivity index (χ1n) is 9.76. The van der Waals surface area contributed by atoms with Crippen molar-refractivity contribution in [1.82, 2.24) is 14.9 Å². The number of likely N-dealkylation sites (N-methyl/N-ethyl adjacent to an activating group) is 1. The van der Waals surface area contributed by atoms with Crippen molar-refractivity contribution in [1.29, 1.82) is 0 Å². The number of nitrogens with zero attached hydrogens (tertiary/aromatic N) is 3. The van der Waals surface area contributed by atoms with Crippen LogP contribution in [0.2, 0.25) is 5.02 Å². The van der Waals surface area contributed by atoms with Gasteiger partial charge in [-0.25, -0.2) is 9.97 Å². The number of aromatic nitrogens is 2. The Kier molecular flexibility index (Phi) is 6.12. The molecule has 30 heavy (non-hydrogen) atoms. The summed E-state index contributed by atoms with van der Waals surface area (Å²) in [5.74, 6) is 2.05. The van der Waals surface area contributed by atoms with Crippen molar-refractivity contribution >= 4 is 34.0 Å². The summed E-state index contributed by atoms with van der Waals surface area (Å²) in [6.07, 6.45) is 0. The number of benzene rings is 3. The van der Waals surface area contributed by atoms with Crippen LogP contribution in [0.3, 0.4) is 0 Å². The number of halogens is 1. The molecular weight excluding hydrogens is 396 g/mol. The Labute approximate surface area is 181 Å². The fraction of sp³-hybridized carbons (Fsp3) is 0.167. The highest BCUT2D eigenvalue weighted by Crippen LogP contribution is 2.31. The summed E-state index contributed by atoms with van der Waals surface area (Å²) in [6.45, 7) is 1.37.